The molecule has 2 aliphatic rings. The molecule has 1 aromatic carbocycles. The fourth-order valence-corrected chi connectivity index (χ4v) is 2.92. The number of piperidine rings is 1. The maximum atomic E-state index is 10.1. The fourth-order valence-electron chi connectivity index (χ4n) is 2.92. The Kier molecular flexibility index (Phi) is 4.51. The lowest BCUT2D eigenvalue weighted by Gasteiger charge is -2.32. The van der Waals surface area contributed by atoms with Crippen LogP contribution in [0.15, 0.2) is 12.1 Å². The Morgan fingerprint density at radius 2 is 2.14 bits per heavy atom. The largest absolute Gasteiger partial charge is 0.507 e. The summed E-state index contributed by atoms with van der Waals surface area (Å²) in [6, 6.07) is 3.53. The van der Waals surface area contributed by atoms with Crippen molar-refractivity contribution >= 4 is 0 Å². The van der Waals surface area contributed by atoms with Gasteiger partial charge in [0.05, 0.1) is 6.10 Å². The lowest BCUT2D eigenvalue weighted by atomic mass is 10.1. The number of nitrogens with zero attached hydrogens (tertiary/aromatic N) is 1. The standard InChI is InChI=1S/C16H23NO4/c1-2-6-19-13-4-3-5-17(10-13)9-12-7-15-16(8-14(12)18)21-11-20-15/h7-8,13,18H,2-6,9-11H2,1H3. The maximum Gasteiger partial charge on any atom is 0.231 e. The normalized spacial score (nSPS) is 21.7. The second kappa shape index (κ2) is 6.54. The molecule has 0 radical (unpaired) electrons. The van der Waals surface area contributed by atoms with E-state index in [1.807, 2.05) is 6.07 Å². The van der Waals surface area contributed by atoms with Crippen molar-refractivity contribution in [2.24, 2.45) is 0 Å². The van der Waals surface area contributed by atoms with Crippen molar-refractivity contribution in [2.45, 2.75) is 38.8 Å². The van der Waals surface area contributed by atoms with Crippen molar-refractivity contribution < 1.29 is 19.3 Å². The molecule has 0 aromatic heterocycles. The van der Waals surface area contributed by atoms with E-state index in [0.717, 1.165) is 50.3 Å². The Hall–Kier alpha value is -1.46. The molecule has 1 unspecified atom stereocenters. The minimum Gasteiger partial charge on any atom is -0.507 e. The summed E-state index contributed by atoms with van der Waals surface area (Å²) in [5.41, 5.74) is 0.885. The zero-order valence-electron chi connectivity index (χ0n) is 12.5. The van der Waals surface area contributed by atoms with E-state index in [4.69, 9.17) is 14.2 Å². The van der Waals surface area contributed by atoms with Gasteiger partial charge in [0.25, 0.3) is 0 Å². The molecule has 0 spiro atoms. The number of aromatic hydroxyl groups is 1. The highest BCUT2D eigenvalue weighted by atomic mass is 16.7. The molecular weight excluding hydrogens is 270 g/mol. The molecule has 0 bridgehead atoms. The SMILES string of the molecule is CCCOC1CCCN(Cc2cc3c(cc2O)OCO3)C1. The first kappa shape index (κ1) is 14.5. The molecule has 2 heterocycles. The van der Waals surface area contributed by atoms with Gasteiger partial charge in [0.15, 0.2) is 11.5 Å². The van der Waals surface area contributed by atoms with Gasteiger partial charge in [-0.1, -0.05) is 6.92 Å². The van der Waals surface area contributed by atoms with E-state index in [-0.39, 0.29) is 12.5 Å². The molecule has 0 saturated carbocycles. The number of ether oxygens (including phenoxy) is 3. The Bertz CT molecular complexity index is 491. The second-order valence-corrected chi connectivity index (χ2v) is 5.70. The van der Waals surface area contributed by atoms with Crippen molar-refractivity contribution in [1.29, 1.82) is 0 Å². The van der Waals surface area contributed by atoms with Crippen LogP contribution < -0.4 is 9.47 Å². The molecular formula is C16H23NO4. The number of likely N-dealkylation sites (tertiary alicyclic amines) is 1. The smallest absolute Gasteiger partial charge is 0.231 e. The zero-order chi connectivity index (χ0) is 14.7. The van der Waals surface area contributed by atoms with Crippen molar-refractivity contribution in [3.63, 3.8) is 0 Å². The molecule has 21 heavy (non-hydrogen) atoms. The van der Waals surface area contributed by atoms with Gasteiger partial charge in [0.1, 0.15) is 5.75 Å². The molecule has 1 saturated heterocycles. The molecule has 5 nitrogen and oxygen atoms in total. The van der Waals surface area contributed by atoms with Crippen LogP contribution in [0.1, 0.15) is 31.7 Å². The summed E-state index contributed by atoms with van der Waals surface area (Å²) in [6.07, 6.45) is 3.64. The first-order valence-corrected chi connectivity index (χ1v) is 7.71. The monoisotopic (exact) mass is 293 g/mol. The van der Waals surface area contributed by atoms with Crippen LogP contribution in [0, 0.1) is 0 Å². The highest BCUT2D eigenvalue weighted by Crippen LogP contribution is 2.38. The minimum absolute atomic E-state index is 0.231. The third-order valence-corrected chi connectivity index (χ3v) is 3.99. The van der Waals surface area contributed by atoms with Gasteiger partial charge in [-0.2, -0.15) is 0 Å². The molecule has 1 fully saturated rings. The van der Waals surface area contributed by atoms with E-state index in [9.17, 15) is 5.11 Å². The average Bonchev–Trinajstić information content (AvgIpc) is 2.93. The molecule has 0 amide bonds. The lowest BCUT2D eigenvalue weighted by Crippen LogP contribution is -2.39. The van der Waals surface area contributed by atoms with Gasteiger partial charge < -0.3 is 19.3 Å². The molecule has 2 aliphatic heterocycles. The van der Waals surface area contributed by atoms with Crippen LogP contribution in [-0.4, -0.2) is 42.6 Å². The highest BCUT2D eigenvalue weighted by Gasteiger charge is 2.23. The second-order valence-electron chi connectivity index (χ2n) is 5.70. The maximum absolute atomic E-state index is 10.1. The first-order valence-electron chi connectivity index (χ1n) is 7.71. The van der Waals surface area contributed by atoms with Crippen molar-refractivity contribution in [2.75, 3.05) is 26.5 Å². The van der Waals surface area contributed by atoms with Crippen LogP contribution in [0.3, 0.4) is 0 Å². The van der Waals surface area contributed by atoms with Gasteiger partial charge in [0, 0.05) is 31.3 Å². The van der Waals surface area contributed by atoms with Crippen LogP contribution in [0.4, 0.5) is 0 Å². The van der Waals surface area contributed by atoms with E-state index in [2.05, 4.69) is 11.8 Å². The van der Waals surface area contributed by atoms with Gasteiger partial charge in [0.2, 0.25) is 6.79 Å². The van der Waals surface area contributed by atoms with E-state index in [1.165, 1.54) is 0 Å². The van der Waals surface area contributed by atoms with Gasteiger partial charge in [-0.3, -0.25) is 4.90 Å². The summed E-state index contributed by atoms with van der Waals surface area (Å²) in [6.45, 7) is 5.87. The van der Waals surface area contributed by atoms with E-state index >= 15 is 0 Å². The molecule has 1 atom stereocenters. The number of phenolic OH excluding ortho intramolecular Hbond substituents is 1. The van der Waals surface area contributed by atoms with Gasteiger partial charge >= 0.3 is 0 Å². The molecule has 3 rings (SSSR count). The summed E-state index contributed by atoms with van der Waals surface area (Å²) in [7, 11) is 0. The van der Waals surface area contributed by atoms with Crippen molar-refractivity contribution in [3.8, 4) is 17.2 Å². The Balaban J connectivity index is 1.63. The fraction of sp³-hybridized carbons (Fsp3) is 0.625. The minimum atomic E-state index is 0.231. The number of benzene rings is 1. The summed E-state index contributed by atoms with van der Waals surface area (Å²) in [5, 5.41) is 10.1. The molecule has 1 N–H and O–H groups in total. The van der Waals surface area contributed by atoms with Gasteiger partial charge in [-0.25, -0.2) is 0 Å². The van der Waals surface area contributed by atoms with E-state index < -0.39 is 0 Å². The number of hydrogen-bond acceptors (Lipinski definition) is 5. The molecule has 0 aliphatic carbocycles. The average molecular weight is 293 g/mol. The lowest BCUT2D eigenvalue weighted by molar-refractivity contribution is -0.00239. The molecule has 1 aromatic rings. The van der Waals surface area contributed by atoms with Crippen molar-refractivity contribution in [3.05, 3.63) is 17.7 Å². The van der Waals surface area contributed by atoms with Gasteiger partial charge in [-0.15, -0.1) is 0 Å². The summed E-state index contributed by atoms with van der Waals surface area (Å²) >= 11 is 0. The predicted molar refractivity (Wildman–Crippen MR) is 78.8 cm³/mol. The number of fused-ring (bicyclic) bond motifs is 1. The Labute approximate surface area is 125 Å². The van der Waals surface area contributed by atoms with Crippen LogP contribution in [0.25, 0.3) is 0 Å². The summed E-state index contributed by atoms with van der Waals surface area (Å²) in [5.74, 6) is 1.62. The number of hydrogen-bond donors (Lipinski definition) is 1. The third kappa shape index (κ3) is 3.41. The summed E-state index contributed by atoms with van der Waals surface area (Å²) < 4.78 is 16.5. The quantitative estimate of drug-likeness (QED) is 0.904. The summed E-state index contributed by atoms with van der Waals surface area (Å²) in [4.78, 5) is 2.33. The van der Waals surface area contributed by atoms with Crippen LogP contribution in [0.2, 0.25) is 0 Å². The zero-order valence-corrected chi connectivity index (χ0v) is 12.5. The number of phenols is 1. The van der Waals surface area contributed by atoms with Crippen LogP contribution in [0.5, 0.6) is 17.2 Å². The topological polar surface area (TPSA) is 51.2 Å². The first-order chi connectivity index (χ1) is 10.3. The molecule has 116 valence electrons. The van der Waals surface area contributed by atoms with E-state index in [1.54, 1.807) is 6.07 Å². The number of rotatable bonds is 5. The van der Waals surface area contributed by atoms with Crippen molar-refractivity contribution in [1.82, 2.24) is 4.90 Å². The Morgan fingerprint density at radius 1 is 1.33 bits per heavy atom. The van der Waals surface area contributed by atoms with Gasteiger partial charge in [-0.05, 0) is 31.9 Å². The predicted octanol–water partition coefficient (Wildman–Crippen LogP) is 2.51. The Morgan fingerprint density at radius 3 is 2.95 bits per heavy atom. The third-order valence-electron chi connectivity index (χ3n) is 3.99. The highest BCUT2D eigenvalue weighted by molar-refractivity contribution is 5.51. The molecule has 5 heteroatoms. The van der Waals surface area contributed by atoms with E-state index in [0.29, 0.717) is 18.4 Å². The van der Waals surface area contributed by atoms with Crippen LogP contribution in [-0.2, 0) is 11.3 Å². The van der Waals surface area contributed by atoms with Crippen LogP contribution >= 0.6 is 0 Å².